The van der Waals surface area contributed by atoms with Crippen LogP contribution in [0.15, 0.2) is 30.6 Å². The SMILES string of the molecule is CCCn1cc(C(NC)c2cc(Cl)ccc2F)cn1. The van der Waals surface area contributed by atoms with Gasteiger partial charge in [-0.1, -0.05) is 18.5 Å². The second kappa shape index (κ2) is 6.17. The van der Waals surface area contributed by atoms with E-state index in [1.54, 1.807) is 25.4 Å². The van der Waals surface area contributed by atoms with Crippen molar-refractivity contribution in [3.8, 4) is 0 Å². The molecule has 1 aromatic carbocycles. The van der Waals surface area contributed by atoms with Crippen LogP contribution in [-0.4, -0.2) is 16.8 Å². The first kappa shape index (κ1) is 14.0. The largest absolute Gasteiger partial charge is 0.309 e. The Balaban J connectivity index is 2.35. The third kappa shape index (κ3) is 3.14. The smallest absolute Gasteiger partial charge is 0.128 e. The van der Waals surface area contributed by atoms with Gasteiger partial charge in [0.2, 0.25) is 0 Å². The van der Waals surface area contributed by atoms with Gasteiger partial charge in [-0.15, -0.1) is 0 Å². The average Bonchev–Trinajstić information content (AvgIpc) is 2.83. The van der Waals surface area contributed by atoms with Gasteiger partial charge in [0.05, 0.1) is 12.2 Å². The summed E-state index contributed by atoms with van der Waals surface area (Å²) in [6.45, 7) is 2.95. The summed E-state index contributed by atoms with van der Waals surface area (Å²) in [4.78, 5) is 0. The van der Waals surface area contributed by atoms with Crippen molar-refractivity contribution in [1.82, 2.24) is 15.1 Å². The van der Waals surface area contributed by atoms with E-state index < -0.39 is 0 Å². The number of nitrogens with one attached hydrogen (secondary N) is 1. The molecule has 0 amide bonds. The molecule has 1 aromatic heterocycles. The van der Waals surface area contributed by atoms with E-state index in [2.05, 4.69) is 17.3 Å². The van der Waals surface area contributed by atoms with Gasteiger partial charge in [0, 0.05) is 28.9 Å². The van der Waals surface area contributed by atoms with Gasteiger partial charge in [-0.2, -0.15) is 5.10 Å². The molecule has 19 heavy (non-hydrogen) atoms. The molecule has 1 unspecified atom stereocenters. The lowest BCUT2D eigenvalue weighted by Crippen LogP contribution is -2.18. The van der Waals surface area contributed by atoms with Crippen LogP contribution in [0.4, 0.5) is 4.39 Å². The number of aromatic nitrogens is 2. The zero-order chi connectivity index (χ0) is 13.8. The van der Waals surface area contributed by atoms with Gasteiger partial charge < -0.3 is 5.32 Å². The summed E-state index contributed by atoms with van der Waals surface area (Å²) in [5, 5.41) is 7.91. The van der Waals surface area contributed by atoms with Crippen LogP contribution in [0.3, 0.4) is 0 Å². The van der Waals surface area contributed by atoms with E-state index in [1.807, 2.05) is 10.9 Å². The van der Waals surface area contributed by atoms with E-state index in [9.17, 15) is 4.39 Å². The summed E-state index contributed by atoms with van der Waals surface area (Å²) < 4.78 is 15.8. The second-order valence-corrected chi connectivity index (χ2v) is 4.86. The van der Waals surface area contributed by atoms with Crippen molar-refractivity contribution in [2.45, 2.75) is 25.9 Å². The summed E-state index contributed by atoms with van der Waals surface area (Å²) >= 11 is 5.94. The molecule has 1 heterocycles. The number of hydrogen-bond donors (Lipinski definition) is 1. The Morgan fingerprint density at radius 2 is 2.26 bits per heavy atom. The predicted molar refractivity (Wildman–Crippen MR) is 74.8 cm³/mol. The van der Waals surface area contributed by atoms with E-state index in [1.165, 1.54) is 6.07 Å². The maximum atomic E-state index is 13.9. The van der Waals surface area contributed by atoms with Crippen molar-refractivity contribution in [2.75, 3.05) is 7.05 Å². The van der Waals surface area contributed by atoms with Crippen LogP contribution in [0.5, 0.6) is 0 Å². The molecule has 1 N–H and O–H groups in total. The van der Waals surface area contributed by atoms with Crippen molar-refractivity contribution in [3.63, 3.8) is 0 Å². The minimum absolute atomic E-state index is 0.246. The van der Waals surface area contributed by atoms with Gasteiger partial charge in [-0.3, -0.25) is 4.68 Å². The Morgan fingerprint density at radius 1 is 1.47 bits per heavy atom. The van der Waals surface area contributed by atoms with Gasteiger partial charge >= 0.3 is 0 Å². The molecule has 0 aliphatic carbocycles. The summed E-state index contributed by atoms with van der Waals surface area (Å²) in [5.74, 6) is -0.271. The minimum atomic E-state index is -0.271. The molecule has 0 radical (unpaired) electrons. The monoisotopic (exact) mass is 281 g/mol. The maximum Gasteiger partial charge on any atom is 0.128 e. The molecule has 0 aliphatic heterocycles. The van der Waals surface area contributed by atoms with E-state index in [4.69, 9.17) is 11.6 Å². The standard InChI is InChI=1S/C14H17ClFN3/c1-3-6-19-9-10(8-18-19)14(17-2)12-7-11(15)4-5-13(12)16/h4-5,7-9,14,17H,3,6H2,1-2H3. The van der Waals surface area contributed by atoms with Gasteiger partial charge in [-0.05, 0) is 31.7 Å². The molecule has 0 aliphatic rings. The Labute approximate surface area is 117 Å². The van der Waals surface area contributed by atoms with Crippen LogP contribution in [-0.2, 0) is 6.54 Å². The van der Waals surface area contributed by atoms with E-state index in [0.29, 0.717) is 10.6 Å². The molecule has 0 spiro atoms. The van der Waals surface area contributed by atoms with E-state index in [-0.39, 0.29) is 11.9 Å². The molecule has 0 saturated heterocycles. The highest BCUT2D eigenvalue weighted by Gasteiger charge is 2.18. The Kier molecular flexibility index (Phi) is 4.56. The fourth-order valence-electron chi connectivity index (χ4n) is 2.12. The van der Waals surface area contributed by atoms with Crippen LogP contribution in [0.1, 0.15) is 30.5 Å². The van der Waals surface area contributed by atoms with Crippen molar-refractivity contribution in [2.24, 2.45) is 0 Å². The third-order valence-corrected chi connectivity index (χ3v) is 3.23. The van der Waals surface area contributed by atoms with Crippen LogP contribution in [0, 0.1) is 5.82 Å². The molecule has 102 valence electrons. The molecule has 5 heteroatoms. The van der Waals surface area contributed by atoms with Gasteiger partial charge in [0.15, 0.2) is 0 Å². The van der Waals surface area contributed by atoms with Gasteiger partial charge in [-0.25, -0.2) is 4.39 Å². The summed E-state index contributed by atoms with van der Waals surface area (Å²) in [5.41, 5.74) is 1.46. The number of benzene rings is 1. The zero-order valence-corrected chi connectivity index (χ0v) is 11.8. The lowest BCUT2D eigenvalue weighted by molar-refractivity contribution is 0.574. The molecule has 0 saturated carbocycles. The highest BCUT2D eigenvalue weighted by atomic mass is 35.5. The highest BCUT2D eigenvalue weighted by molar-refractivity contribution is 6.30. The lowest BCUT2D eigenvalue weighted by atomic mass is 10.0. The minimum Gasteiger partial charge on any atom is -0.309 e. The fourth-order valence-corrected chi connectivity index (χ4v) is 2.30. The quantitative estimate of drug-likeness (QED) is 0.910. The van der Waals surface area contributed by atoms with Crippen LogP contribution in [0.25, 0.3) is 0 Å². The predicted octanol–water partition coefficient (Wildman–Crippen LogP) is 3.39. The van der Waals surface area contributed by atoms with Crippen molar-refractivity contribution >= 4 is 11.6 Å². The van der Waals surface area contributed by atoms with Crippen LogP contribution < -0.4 is 5.32 Å². The lowest BCUT2D eigenvalue weighted by Gasteiger charge is -2.16. The summed E-state index contributed by atoms with van der Waals surface area (Å²) in [6, 6.07) is 4.34. The van der Waals surface area contributed by atoms with Crippen molar-refractivity contribution in [1.29, 1.82) is 0 Å². The number of hydrogen-bond acceptors (Lipinski definition) is 2. The summed E-state index contributed by atoms with van der Waals surface area (Å²) in [7, 11) is 1.79. The normalized spacial score (nSPS) is 12.6. The Hall–Kier alpha value is -1.39. The number of nitrogens with zero attached hydrogens (tertiary/aromatic N) is 2. The second-order valence-electron chi connectivity index (χ2n) is 4.42. The molecule has 2 aromatic rings. The maximum absolute atomic E-state index is 13.9. The molecule has 2 rings (SSSR count). The average molecular weight is 282 g/mol. The molecule has 3 nitrogen and oxygen atoms in total. The summed E-state index contributed by atoms with van der Waals surface area (Å²) in [6.07, 6.45) is 4.71. The molecule has 1 atom stereocenters. The Morgan fingerprint density at radius 3 is 2.95 bits per heavy atom. The van der Waals surface area contributed by atoms with Crippen molar-refractivity contribution < 1.29 is 4.39 Å². The highest BCUT2D eigenvalue weighted by Crippen LogP contribution is 2.26. The third-order valence-electron chi connectivity index (χ3n) is 3.00. The first-order valence-corrected chi connectivity index (χ1v) is 6.68. The van der Waals surface area contributed by atoms with Gasteiger partial charge in [0.1, 0.15) is 5.82 Å². The molecular formula is C14H17ClFN3. The van der Waals surface area contributed by atoms with E-state index >= 15 is 0 Å². The zero-order valence-electron chi connectivity index (χ0n) is 11.0. The van der Waals surface area contributed by atoms with E-state index in [0.717, 1.165) is 18.5 Å². The van der Waals surface area contributed by atoms with Gasteiger partial charge in [0.25, 0.3) is 0 Å². The number of aryl methyl sites for hydroxylation is 1. The molecule has 0 fully saturated rings. The molecule has 0 bridgehead atoms. The topological polar surface area (TPSA) is 29.9 Å². The number of rotatable bonds is 5. The Bertz CT molecular complexity index is 553. The fraction of sp³-hybridized carbons (Fsp3) is 0.357. The number of halogens is 2. The molecular weight excluding hydrogens is 265 g/mol. The van der Waals surface area contributed by atoms with Crippen molar-refractivity contribution in [3.05, 3.63) is 52.6 Å². The first-order valence-electron chi connectivity index (χ1n) is 6.30. The van der Waals surface area contributed by atoms with Crippen LogP contribution in [0.2, 0.25) is 5.02 Å². The first-order chi connectivity index (χ1) is 9.15. The van der Waals surface area contributed by atoms with Crippen LogP contribution >= 0.6 is 11.6 Å².